The molecule has 0 saturated heterocycles. The van der Waals surface area contributed by atoms with Crippen LogP contribution in [0.4, 0.5) is 5.82 Å². The maximum absolute atomic E-state index is 9.03. The zero-order chi connectivity index (χ0) is 15.2. The first-order valence-electron chi connectivity index (χ1n) is 7.36. The first kappa shape index (κ1) is 15.7. The molecular weight excluding hydrogens is 264 g/mol. The van der Waals surface area contributed by atoms with Gasteiger partial charge in [0.05, 0.1) is 5.52 Å². The summed E-state index contributed by atoms with van der Waals surface area (Å²) in [5, 5.41) is 10.1. The number of aliphatic hydroxyl groups excluding tert-OH is 1. The molecule has 0 bridgehead atoms. The van der Waals surface area contributed by atoms with Gasteiger partial charge in [-0.1, -0.05) is 18.2 Å². The van der Waals surface area contributed by atoms with Crippen LogP contribution in [0, 0.1) is 0 Å². The van der Waals surface area contributed by atoms with Crippen LogP contribution in [-0.4, -0.2) is 34.2 Å². The summed E-state index contributed by atoms with van der Waals surface area (Å²) in [7, 11) is 0. The number of hydrogen-bond acceptors (Lipinski definition) is 5. The summed E-state index contributed by atoms with van der Waals surface area (Å²) in [5.74, 6) is 6.33. The number of nitrogen functional groups attached to an aromatic ring is 1. The van der Waals surface area contributed by atoms with Gasteiger partial charge < -0.3 is 10.5 Å². The van der Waals surface area contributed by atoms with Crippen LogP contribution in [0.5, 0.6) is 0 Å². The van der Waals surface area contributed by atoms with Crippen molar-refractivity contribution in [3.05, 3.63) is 35.9 Å². The highest BCUT2D eigenvalue weighted by molar-refractivity contribution is 5.81. The predicted molar refractivity (Wildman–Crippen MR) is 86.8 cm³/mol. The van der Waals surface area contributed by atoms with Crippen molar-refractivity contribution in [2.75, 3.05) is 18.6 Å². The molecule has 0 amide bonds. The van der Waals surface area contributed by atoms with Crippen molar-refractivity contribution in [3.8, 4) is 0 Å². The number of anilines is 1. The zero-order valence-electron chi connectivity index (χ0n) is 12.7. The minimum Gasteiger partial charge on any atom is -0.396 e. The summed E-state index contributed by atoms with van der Waals surface area (Å²) in [6, 6.07) is 10.5. The Morgan fingerprint density at radius 2 is 2.10 bits per heavy atom. The summed E-state index contributed by atoms with van der Waals surface area (Å²) in [5.41, 5.74) is 4.70. The van der Waals surface area contributed by atoms with Crippen LogP contribution in [0.1, 0.15) is 25.8 Å². The molecule has 2 rings (SSSR count). The highest BCUT2D eigenvalue weighted by Crippen LogP contribution is 2.22. The molecule has 1 aromatic carbocycles. The van der Waals surface area contributed by atoms with E-state index >= 15 is 0 Å². The lowest BCUT2D eigenvalue weighted by Gasteiger charge is -2.27. The van der Waals surface area contributed by atoms with Crippen molar-refractivity contribution in [2.24, 2.45) is 5.84 Å². The van der Waals surface area contributed by atoms with Crippen LogP contribution >= 0.6 is 0 Å². The maximum Gasteiger partial charge on any atom is 0.145 e. The van der Waals surface area contributed by atoms with Gasteiger partial charge >= 0.3 is 0 Å². The molecule has 0 fully saturated rings. The fraction of sp³-hybridized carbons (Fsp3) is 0.438. The Bertz CT molecular complexity index is 585. The number of aromatic nitrogens is 1. The minimum absolute atomic E-state index is 0.210. The van der Waals surface area contributed by atoms with Crippen molar-refractivity contribution >= 4 is 16.7 Å². The molecule has 0 unspecified atom stereocenters. The zero-order valence-corrected chi connectivity index (χ0v) is 12.7. The van der Waals surface area contributed by atoms with Crippen LogP contribution in [0.3, 0.4) is 0 Å². The Kier molecular flexibility index (Phi) is 5.50. The van der Waals surface area contributed by atoms with Gasteiger partial charge in [0.15, 0.2) is 0 Å². The fourth-order valence-electron chi connectivity index (χ4n) is 2.42. The average Bonchev–Trinajstić information content (AvgIpc) is 2.50. The van der Waals surface area contributed by atoms with Gasteiger partial charge in [0.25, 0.3) is 0 Å². The summed E-state index contributed by atoms with van der Waals surface area (Å²) in [6.45, 7) is 6.13. The third-order valence-corrected chi connectivity index (χ3v) is 3.65. The second-order valence-electron chi connectivity index (χ2n) is 5.47. The number of pyridine rings is 1. The number of nitrogens with two attached hydrogens (primary N) is 1. The highest BCUT2D eigenvalue weighted by Gasteiger charge is 2.13. The van der Waals surface area contributed by atoms with Crippen molar-refractivity contribution in [1.82, 2.24) is 9.88 Å². The molecule has 2 aromatic rings. The van der Waals surface area contributed by atoms with E-state index < -0.39 is 0 Å². The van der Waals surface area contributed by atoms with Crippen LogP contribution < -0.4 is 11.3 Å². The highest BCUT2D eigenvalue weighted by atomic mass is 16.3. The van der Waals surface area contributed by atoms with E-state index in [1.54, 1.807) is 0 Å². The molecule has 1 aromatic heterocycles. The molecule has 0 atom stereocenters. The smallest absolute Gasteiger partial charge is 0.145 e. The minimum atomic E-state index is 0.210. The van der Waals surface area contributed by atoms with Gasteiger partial charge in [-0.3, -0.25) is 4.90 Å². The topological polar surface area (TPSA) is 74.4 Å². The van der Waals surface area contributed by atoms with E-state index in [1.807, 2.05) is 18.2 Å². The molecule has 0 aliphatic heterocycles. The van der Waals surface area contributed by atoms with Gasteiger partial charge in [-0.15, -0.1) is 0 Å². The molecule has 0 spiro atoms. The van der Waals surface area contributed by atoms with Crippen LogP contribution in [0.2, 0.25) is 0 Å². The number of fused-ring (bicyclic) bond motifs is 1. The summed E-state index contributed by atoms with van der Waals surface area (Å²) >= 11 is 0. The predicted octanol–water partition coefficient (Wildman–Crippen LogP) is 2.11. The van der Waals surface area contributed by atoms with E-state index in [0.29, 0.717) is 11.9 Å². The van der Waals surface area contributed by atoms with Gasteiger partial charge in [0, 0.05) is 36.7 Å². The second kappa shape index (κ2) is 7.36. The van der Waals surface area contributed by atoms with Crippen molar-refractivity contribution in [3.63, 3.8) is 0 Å². The Morgan fingerprint density at radius 1 is 1.33 bits per heavy atom. The van der Waals surface area contributed by atoms with Crippen molar-refractivity contribution < 1.29 is 5.11 Å². The molecule has 1 heterocycles. The normalized spacial score (nSPS) is 11.5. The second-order valence-corrected chi connectivity index (χ2v) is 5.47. The van der Waals surface area contributed by atoms with Crippen LogP contribution in [0.15, 0.2) is 30.3 Å². The lowest BCUT2D eigenvalue weighted by atomic mass is 10.1. The number of rotatable bonds is 7. The number of aliphatic hydroxyl groups is 1. The number of nitrogens with one attached hydrogen (secondary N) is 1. The molecule has 5 heteroatoms. The first-order valence-corrected chi connectivity index (χ1v) is 7.36. The van der Waals surface area contributed by atoms with Crippen molar-refractivity contribution in [2.45, 2.75) is 32.9 Å². The SMILES string of the molecule is CC(C)N(CCCO)Cc1cc2ccccc2nc1NN. The number of benzene rings is 1. The Balaban J connectivity index is 2.30. The van der Waals surface area contributed by atoms with E-state index in [2.05, 4.69) is 41.3 Å². The first-order chi connectivity index (χ1) is 10.2. The monoisotopic (exact) mass is 288 g/mol. The van der Waals surface area contributed by atoms with Gasteiger partial charge in [0.2, 0.25) is 0 Å². The largest absolute Gasteiger partial charge is 0.396 e. The molecule has 5 nitrogen and oxygen atoms in total. The lowest BCUT2D eigenvalue weighted by molar-refractivity contribution is 0.185. The number of para-hydroxylation sites is 1. The fourth-order valence-corrected chi connectivity index (χ4v) is 2.42. The van der Waals surface area contributed by atoms with E-state index in [9.17, 15) is 0 Å². The molecular formula is C16H24N4O. The van der Waals surface area contributed by atoms with E-state index in [-0.39, 0.29) is 6.61 Å². The van der Waals surface area contributed by atoms with Gasteiger partial charge in [-0.2, -0.15) is 0 Å². The van der Waals surface area contributed by atoms with Crippen LogP contribution in [-0.2, 0) is 6.54 Å². The molecule has 0 aliphatic rings. The molecule has 21 heavy (non-hydrogen) atoms. The Hall–Kier alpha value is -1.69. The molecule has 114 valence electrons. The van der Waals surface area contributed by atoms with E-state index in [1.165, 1.54) is 0 Å². The third-order valence-electron chi connectivity index (χ3n) is 3.65. The van der Waals surface area contributed by atoms with Gasteiger partial charge in [-0.25, -0.2) is 10.8 Å². The molecule has 0 aliphatic carbocycles. The quantitative estimate of drug-likeness (QED) is 0.537. The molecule has 0 saturated carbocycles. The summed E-state index contributed by atoms with van der Waals surface area (Å²) in [6.07, 6.45) is 0.768. The number of hydrogen-bond donors (Lipinski definition) is 3. The molecule has 4 N–H and O–H groups in total. The standard InChI is InChI=1S/C16H24N4O/c1-12(2)20(8-5-9-21)11-14-10-13-6-3-4-7-15(13)18-16(14)19-17/h3-4,6-7,10,12,21H,5,8-9,11,17H2,1-2H3,(H,18,19). The van der Waals surface area contributed by atoms with Gasteiger partial charge in [-0.05, 0) is 32.4 Å². The average molecular weight is 288 g/mol. The number of nitrogens with zero attached hydrogens (tertiary/aromatic N) is 2. The van der Waals surface area contributed by atoms with E-state index in [4.69, 9.17) is 10.9 Å². The number of hydrazine groups is 1. The molecule has 0 radical (unpaired) electrons. The van der Waals surface area contributed by atoms with Crippen molar-refractivity contribution in [1.29, 1.82) is 0 Å². The van der Waals surface area contributed by atoms with E-state index in [0.717, 1.165) is 36.0 Å². The van der Waals surface area contributed by atoms with Gasteiger partial charge in [0.1, 0.15) is 5.82 Å². The lowest BCUT2D eigenvalue weighted by Crippen LogP contribution is -2.32. The third kappa shape index (κ3) is 3.91. The maximum atomic E-state index is 9.03. The summed E-state index contributed by atoms with van der Waals surface area (Å²) < 4.78 is 0. The summed E-state index contributed by atoms with van der Waals surface area (Å²) in [4.78, 5) is 6.88. The Morgan fingerprint density at radius 3 is 2.76 bits per heavy atom. The Labute approximate surface area is 125 Å². The van der Waals surface area contributed by atoms with Crippen LogP contribution in [0.25, 0.3) is 10.9 Å².